The molecule has 0 unspecified atom stereocenters. The predicted molar refractivity (Wildman–Crippen MR) is 125 cm³/mol. The molecule has 0 atom stereocenters. The molecule has 0 aliphatic heterocycles. The van der Waals surface area contributed by atoms with Gasteiger partial charge in [0.25, 0.3) is 0 Å². The summed E-state index contributed by atoms with van der Waals surface area (Å²) >= 11 is 0. The molecule has 3 rings (SSSR count). The molecular weight excluding hydrogens is 352 g/mol. The van der Waals surface area contributed by atoms with Crippen molar-refractivity contribution in [2.24, 2.45) is 0 Å². The highest BCUT2D eigenvalue weighted by Crippen LogP contribution is 2.30. The van der Waals surface area contributed by atoms with Crippen LogP contribution < -0.4 is 4.74 Å². The number of para-hydroxylation sites is 1. The summed E-state index contributed by atoms with van der Waals surface area (Å²) in [5.41, 5.74) is 5.54. The summed E-state index contributed by atoms with van der Waals surface area (Å²) < 4.78 is 5.97. The highest BCUT2D eigenvalue weighted by molar-refractivity contribution is 5.63. The van der Waals surface area contributed by atoms with Crippen molar-refractivity contribution >= 4 is 5.57 Å². The zero-order valence-corrected chi connectivity index (χ0v) is 18.1. The highest BCUT2D eigenvalue weighted by Gasteiger charge is 2.20. The van der Waals surface area contributed by atoms with E-state index in [1.807, 2.05) is 36.4 Å². The maximum Gasteiger partial charge on any atom is 0.127 e. The van der Waals surface area contributed by atoms with Crippen molar-refractivity contribution in [3.63, 3.8) is 0 Å². The van der Waals surface area contributed by atoms with Gasteiger partial charge in [-0.05, 0) is 85.1 Å². The quantitative estimate of drug-likeness (QED) is 0.380. The van der Waals surface area contributed by atoms with Crippen LogP contribution in [-0.2, 0) is 11.8 Å². The van der Waals surface area contributed by atoms with Crippen molar-refractivity contribution in [1.29, 1.82) is 0 Å². The molecule has 3 aromatic carbocycles. The standard InChI is InChI=1S/C28H32O/c1-5-22(2)24-16-18-25(19-17-24)28(3,4)20-10-12-23-11-9-15-27(21-23)29-26-13-7-6-8-14-26/h5-9,11,13-19,21H,10,12,20H2,1-4H3/b22-5-. The van der Waals surface area contributed by atoms with Crippen LogP contribution in [0.4, 0.5) is 0 Å². The van der Waals surface area contributed by atoms with Crippen LogP contribution in [0.5, 0.6) is 11.5 Å². The Morgan fingerprint density at radius 2 is 1.55 bits per heavy atom. The fourth-order valence-corrected chi connectivity index (χ4v) is 3.62. The fourth-order valence-electron chi connectivity index (χ4n) is 3.62. The van der Waals surface area contributed by atoms with E-state index in [9.17, 15) is 0 Å². The zero-order chi connectivity index (χ0) is 20.7. The largest absolute Gasteiger partial charge is 0.457 e. The molecule has 0 fully saturated rings. The topological polar surface area (TPSA) is 9.23 Å². The Kier molecular flexibility index (Phi) is 6.93. The molecule has 1 nitrogen and oxygen atoms in total. The van der Waals surface area contributed by atoms with E-state index < -0.39 is 0 Å². The normalized spacial score (nSPS) is 12.1. The molecule has 0 aliphatic carbocycles. The first-order valence-electron chi connectivity index (χ1n) is 10.5. The van der Waals surface area contributed by atoms with E-state index in [1.54, 1.807) is 0 Å². The molecular formula is C28H32O. The number of hydrogen-bond acceptors (Lipinski definition) is 1. The molecule has 0 saturated heterocycles. The van der Waals surface area contributed by atoms with Crippen LogP contribution in [-0.4, -0.2) is 0 Å². The van der Waals surface area contributed by atoms with Gasteiger partial charge in [0.1, 0.15) is 11.5 Å². The maximum atomic E-state index is 5.97. The van der Waals surface area contributed by atoms with E-state index >= 15 is 0 Å². The van der Waals surface area contributed by atoms with Crippen LogP contribution in [0.2, 0.25) is 0 Å². The monoisotopic (exact) mass is 384 g/mol. The molecule has 0 aliphatic rings. The summed E-state index contributed by atoms with van der Waals surface area (Å²) in [6.45, 7) is 8.95. The summed E-state index contributed by atoms with van der Waals surface area (Å²) in [4.78, 5) is 0. The summed E-state index contributed by atoms with van der Waals surface area (Å²) in [6, 6.07) is 27.5. The summed E-state index contributed by atoms with van der Waals surface area (Å²) in [5.74, 6) is 1.78. The minimum Gasteiger partial charge on any atom is -0.457 e. The predicted octanol–water partition coefficient (Wildman–Crippen LogP) is 8.20. The van der Waals surface area contributed by atoms with Crippen LogP contribution in [0.1, 0.15) is 57.2 Å². The molecule has 29 heavy (non-hydrogen) atoms. The molecule has 0 amide bonds. The van der Waals surface area contributed by atoms with Gasteiger partial charge in [-0.3, -0.25) is 0 Å². The van der Waals surface area contributed by atoms with Crippen molar-refractivity contribution in [3.05, 3.63) is 102 Å². The third-order valence-corrected chi connectivity index (χ3v) is 5.70. The van der Waals surface area contributed by atoms with Gasteiger partial charge in [0.15, 0.2) is 0 Å². The Morgan fingerprint density at radius 1 is 0.862 bits per heavy atom. The highest BCUT2D eigenvalue weighted by atomic mass is 16.5. The first-order chi connectivity index (χ1) is 14.0. The van der Waals surface area contributed by atoms with Crippen LogP contribution >= 0.6 is 0 Å². The molecule has 0 spiro atoms. The summed E-state index contributed by atoms with van der Waals surface area (Å²) in [7, 11) is 0. The number of benzene rings is 3. The van der Waals surface area contributed by atoms with Gasteiger partial charge < -0.3 is 4.74 Å². The van der Waals surface area contributed by atoms with Gasteiger partial charge in [0, 0.05) is 0 Å². The fraction of sp³-hybridized carbons (Fsp3) is 0.286. The SMILES string of the molecule is C/C=C(/C)c1ccc(C(C)(C)CCCc2cccc(Oc3ccccc3)c2)cc1. The van der Waals surface area contributed by atoms with E-state index in [-0.39, 0.29) is 5.41 Å². The number of ether oxygens (including phenoxy) is 1. The summed E-state index contributed by atoms with van der Waals surface area (Å²) in [5, 5.41) is 0. The van der Waals surface area contributed by atoms with Gasteiger partial charge in [-0.25, -0.2) is 0 Å². The Balaban J connectivity index is 1.58. The molecule has 3 aromatic rings. The lowest BCUT2D eigenvalue weighted by Crippen LogP contribution is -2.17. The van der Waals surface area contributed by atoms with Gasteiger partial charge in [-0.2, -0.15) is 0 Å². The first-order valence-corrected chi connectivity index (χ1v) is 10.5. The molecule has 0 N–H and O–H groups in total. The van der Waals surface area contributed by atoms with E-state index in [1.165, 1.54) is 22.3 Å². The molecule has 150 valence electrons. The number of aryl methyl sites for hydroxylation is 1. The number of rotatable bonds is 8. The van der Waals surface area contributed by atoms with Crippen LogP contribution in [0, 0.1) is 0 Å². The molecule has 0 heterocycles. The van der Waals surface area contributed by atoms with Crippen molar-refractivity contribution in [3.8, 4) is 11.5 Å². The number of allylic oxidation sites excluding steroid dienone is 2. The molecule has 0 bridgehead atoms. The van der Waals surface area contributed by atoms with Crippen molar-refractivity contribution in [2.45, 2.75) is 52.4 Å². The van der Waals surface area contributed by atoms with Crippen LogP contribution in [0.25, 0.3) is 5.57 Å². The van der Waals surface area contributed by atoms with Crippen molar-refractivity contribution in [2.75, 3.05) is 0 Å². The van der Waals surface area contributed by atoms with E-state index in [2.05, 4.69) is 76.2 Å². The summed E-state index contributed by atoms with van der Waals surface area (Å²) in [6.07, 6.45) is 5.52. The Bertz CT molecular complexity index is 934. The molecule has 0 aromatic heterocycles. The zero-order valence-electron chi connectivity index (χ0n) is 18.1. The first kappa shape index (κ1) is 20.9. The second-order valence-electron chi connectivity index (χ2n) is 8.35. The lowest BCUT2D eigenvalue weighted by molar-refractivity contribution is 0.460. The van der Waals surface area contributed by atoms with E-state index in [0.29, 0.717) is 0 Å². The third-order valence-electron chi connectivity index (χ3n) is 5.70. The second-order valence-corrected chi connectivity index (χ2v) is 8.35. The van der Waals surface area contributed by atoms with E-state index in [0.717, 1.165) is 30.8 Å². The Morgan fingerprint density at radius 3 is 2.24 bits per heavy atom. The van der Waals surface area contributed by atoms with Gasteiger partial charge in [0.05, 0.1) is 0 Å². The Labute approximate surface area is 176 Å². The van der Waals surface area contributed by atoms with Gasteiger partial charge in [-0.1, -0.05) is 74.5 Å². The average molecular weight is 385 g/mol. The third kappa shape index (κ3) is 5.84. The van der Waals surface area contributed by atoms with E-state index in [4.69, 9.17) is 4.74 Å². The van der Waals surface area contributed by atoms with Crippen LogP contribution in [0.3, 0.4) is 0 Å². The van der Waals surface area contributed by atoms with Crippen molar-refractivity contribution in [1.82, 2.24) is 0 Å². The number of hydrogen-bond donors (Lipinski definition) is 0. The molecule has 0 saturated carbocycles. The molecule has 1 heteroatoms. The minimum absolute atomic E-state index is 0.167. The molecule has 0 radical (unpaired) electrons. The van der Waals surface area contributed by atoms with Crippen molar-refractivity contribution < 1.29 is 4.74 Å². The smallest absolute Gasteiger partial charge is 0.127 e. The minimum atomic E-state index is 0.167. The lowest BCUT2D eigenvalue weighted by atomic mass is 9.79. The average Bonchev–Trinajstić information content (AvgIpc) is 2.74. The Hall–Kier alpha value is -2.80. The van der Waals surface area contributed by atoms with Gasteiger partial charge >= 0.3 is 0 Å². The van der Waals surface area contributed by atoms with Gasteiger partial charge in [-0.15, -0.1) is 0 Å². The second kappa shape index (κ2) is 9.60. The van der Waals surface area contributed by atoms with Gasteiger partial charge in [0.2, 0.25) is 0 Å². The van der Waals surface area contributed by atoms with Crippen LogP contribution in [0.15, 0.2) is 84.9 Å². The lowest BCUT2D eigenvalue weighted by Gasteiger charge is -2.25. The maximum absolute atomic E-state index is 5.97.